The van der Waals surface area contributed by atoms with Crippen LogP contribution in [0.5, 0.6) is 0 Å². The molecule has 0 fully saturated rings. The van der Waals surface area contributed by atoms with Gasteiger partial charge in [0.25, 0.3) is 0 Å². The van der Waals surface area contributed by atoms with Gasteiger partial charge in [-0.1, -0.05) is 34.8 Å². The topological polar surface area (TPSA) is 83.5 Å². The van der Waals surface area contributed by atoms with Gasteiger partial charge in [0.2, 0.25) is 0 Å². The molecule has 0 saturated carbocycles. The van der Waals surface area contributed by atoms with Crippen molar-refractivity contribution in [1.29, 1.82) is 0 Å². The number of benzene rings is 1. The number of hydrogen-bond donors (Lipinski definition) is 2. The normalized spacial score (nSPS) is 24.3. The van der Waals surface area contributed by atoms with E-state index in [9.17, 15) is 18.3 Å². The average Bonchev–Trinajstić information content (AvgIpc) is 2.48. The van der Waals surface area contributed by atoms with Crippen LogP contribution >= 0.6 is 34.8 Å². The molecule has 0 heterocycles. The van der Waals surface area contributed by atoms with Crippen LogP contribution in [0, 0.1) is 5.92 Å². The second kappa shape index (κ2) is 6.83. The van der Waals surface area contributed by atoms with Gasteiger partial charge in [0.15, 0.2) is 9.84 Å². The molecule has 1 aliphatic carbocycles. The largest absolute Gasteiger partial charge is 0.481 e. The van der Waals surface area contributed by atoms with Crippen LogP contribution in [0.15, 0.2) is 52.4 Å². The number of alkyl halides is 1. The van der Waals surface area contributed by atoms with E-state index in [4.69, 9.17) is 34.8 Å². The summed E-state index contributed by atoms with van der Waals surface area (Å²) < 4.78 is 24.6. The van der Waals surface area contributed by atoms with Crippen LogP contribution in [-0.4, -0.2) is 30.4 Å². The highest BCUT2D eigenvalue weighted by Gasteiger charge is 2.41. The van der Waals surface area contributed by atoms with E-state index in [2.05, 4.69) is 5.32 Å². The van der Waals surface area contributed by atoms with Crippen molar-refractivity contribution >= 4 is 50.6 Å². The Hall–Kier alpha value is -1.05. The average molecular weight is 397 g/mol. The number of halogens is 3. The quantitative estimate of drug-likeness (QED) is 0.590. The van der Waals surface area contributed by atoms with Crippen molar-refractivity contribution < 1.29 is 18.3 Å². The molecule has 1 aromatic rings. The maximum atomic E-state index is 12.3. The van der Waals surface area contributed by atoms with Gasteiger partial charge in [-0.2, -0.15) is 0 Å². The molecular formula is C14H12Cl3NO4S. The third kappa shape index (κ3) is 4.28. The van der Waals surface area contributed by atoms with E-state index < -0.39 is 32.6 Å². The summed E-state index contributed by atoms with van der Waals surface area (Å²) in [6.07, 6.45) is 3.99. The standard InChI is InChI=1S/C14H12Cl3NO4S/c15-9-1-3-11(4-2-9)23(21,22)8-18-14(17)6-5-10(16)7-12(14)13(19)20/h1-7,12,18H,8H2,(H,19,20). The second-order valence-electron chi connectivity index (χ2n) is 4.86. The van der Waals surface area contributed by atoms with Crippen LogP contribution in [0.1, 0.15) is 0 Å². The van der Waals surface area contributed by atoms with E-state index in [1.807, 2.05) is 0 Å². The molecule has 1 aliphatic rings. The molecule has 124 valence electrons. The molecule has 0 aromatic heterocycles. The van der Waals surface area contributed by atoms with Gasteiger partial charge in [-0.05, 0) is 42.5 Å². The Morgan fingerprint density at radius 1 is 1.26 bits per heavy atom. The van der Waals surface area contributed by atoms with Crippen LogP contribution in [0.2, 0.25) is 5.02 Å². The molecule has 0 spiro atoms. The van der Waals surface area contributed by atoms with Crippen molar-refractivity contribution in [3.05, 3.63) is 52.5 Å². The first-order valence-electron chi connectivity index (χ1n) is 6.36. The lowest BCUT2D eigenvalue weighted by Gasteiger charge is -2.31. The first-order chi connectivity index (χ1) is 10.6. The Balaban J connectivity index is 2.20. The molecule has 0 radical (unpaired) electrons. The third-order valence-corrected chi connectivity index (χ3v) is 5.75. The molecular weight excluding hydrogens is 385 g/mol. The van der Waals surface area contributed by atoms with Crippen LogP contribution in [0.25, 0.3) is 0 Å². The highest BCUT2D eigenvalue weighted by Crippen LogP contribution is 2.33. The summed E-state index contributed by atoms with van der Waals surface area (Å²) in [5.41, 5.74) is 0. The fraction of sp³-hybridized carbons (Fsp3) is 0.214. The van der Waals surface area contributed by atoms with Crippen molar-refractivity contribution in [2.75, 3.05) is 5.88 Å². The van der Waals surface area contributed by atoms with Crippen molar-refractivity contribution in [2.45, 2.75) is 9.89 Å². The summed E-state index contributed by atoms with van der Waals surface area (Å²) in [5, 5.41) is 12.4. The fourth-order valence-electron chi connectivity index (χ4n) is 1.99. The molecule has 2 atom stereocenters. The van der Waals surface area contributed by atoms with E-state index in [1.165, 1.54) is 42.5 Å². The first kappa shape index (κ1) is 18.3. The Bertz CT molecular complexity index is 774. The zero-order valence-electron chi connectivity index (χ0n) is 11.5. The van der Waals surface area contributed by atoms with E-state index in [-0.39, 0.29) is 9.93 Å². The van der Waals surface area contributed by atoms with Crippen LogP contribution < -0.4 is 5.32 Å². The fourth-order valence-corrected chi connectivity index (χ4v) is 3.82. The van der Waals surface area contributed by atoms with E-state index in [1.54, 1.807) is 0 Å². The van der Waals surface area contributed by atoms with Gasteiger partial charge in [-0.25, -0.2) is 8.42 Å². The van der Waals surface area contributed by atoms with Gasteiger partial charge in [-0.15, -0.1) is 0 Å². The number of sulfone groups is 1. The molecule has 0 aliphatic heterocycles. The predicted octanol–water partition coefficient (Wildman–Crippen LogP) is 2.99. The van der Waals surface area contributed by atoms with Gasteiger partial charge in [-0.3, -0.25) is 10.1 Å². The van der Waals surface area contributed by atoms with E-state index >= 15 is 0 Å². The van der Waals surface area contributed by atoms with Gasteiger partial charge < -0.3 is 5.11 Å². The smallest absolute Gasteiger partial charge is 0.313 e. The molecule has 0 saturated heterocycles. The van der Waals surface area contributed by atoms with Gasteiger partial charge in [0, 0.05) is 10.1 Å². The molecule has 0 bridgehead atoms. The Morgan fingerprint density at radius 2 is 1.87 bits per heavy atom. The zero-order chi connectivity index (χ0) is 17.3. The summed E-state index contributed by atoms with van der Waals surface area (Å²) >= 11 is 17.8. The Kier molecular flexibility index (Phi) is 5.43. The summed E-state index contributed by atoms with van der Waals surface area (Å²) in [5.74, 6) is -2.97. The highest BCUT2D eigenvalue weighted by atomic mass is 35.5. The van der Waals surface area contributed by atoms with Crippen molar-refractivity contribution in [3.63, 3.8) is 0 Å². The summed E-state index contributed by atoms with van der Waals surface area (Å²) in [6.45, 7) is 0. The molecule has 2 unspecified atom stereocenters. The number of hydrogen-bond acceptors (Lipinski definition) is 4. The first-order valence-corrected chi connectivity index (χ1v) is 9.14. The lowest BCUT2D eigenvalue weighted by Crippen LogP contribution is -2.50. The van der Waals surface area contributed by atoms with Gasteiger partial charge in [0.1, 0.15) is 16.8 Å². The molecule has 23 heavy (non-hydrogen) atoms. The number of aliphatic carboxylic acids is 1. The lowest BCUT2D eigenvalue weighted by atomic mass is 9.94. The number of carbonyl (C=O) groups is 1. The molecule has 5 nitrogen and oxygen atoms in total. The predicted molar refractivity (Wildman–Crippen MR) is 89.4 cm³/mol. The minimum Gasteiger partial charge on any atom is -0.481 e. The molecule has 0 amide bonds. The minimum atomic E-state index is -3.71. The van der Waals surface area contributed by atoms with Crippen LogP contribution in [0.3, 0.4) is 0 Å². The van der Waals surface area contributed by atoms with Crippen molar-refractivity contribution in [1.82, 2.24) is 5.32 Å². The van der Waals surface area contributed by atoms with Crippen molar-refractivity contribution in [3.8, 4) is 0 Å². The van der Waals surface area contributed by atoms with Crippen LogP contribution in [0.4, 0.5) is 0 Å². The molecule has 2 rings (SSSR count). The SMILES string of the molecule is O=C(O)C1C=C(Cl)C=CC1(Cl)NCS(=O)(=O)c1ccc(Cl)cc1. The maximum absolute atomic E-state index is 12.3. The van der Waals surface area contributed by atoms with Gasteiger partial charge >= 0.3 is 5.97 Å². The monoisotopic (exact) mass is 395 g/mol. The number of allylic oxidation sites excluding steroid dienone is 2. The van der Waals surface area contributed by atoms with E-state index in [0.717, 1.165) is 0 Å². The van der Waals surface area contributed by atoms with Crippen LogP contribution in [-0.2, 0) is 14.6 Å². The Labute approximate surface area is 148 Å². The van der Waals surface area contributed by atoms with E-state index in [0.29, 0.717) is 5.02 Å². The summed E-state index contributed by atoms with van der Waals surface area (Å²) in [7, 11) is -3.71. The maximum Gasteiger partial charge on any atom is 0.313 e. The second-order valence-corrected chi connectivity index (χ2v) is 8.35. The number of rotatable bonds is 5. The molecule has 9 heteroatoms. The number of nitrogens with one attached hydrogen (secondary N) is 1. The van der Waals surface area contributed by atoms with Crippen molar-refractivity contribution in [2.24, 2.45) is 5.92 Å². The summed E-state index contributed by atoms with van der Waals surface area (Å²) in [4.78, 5) is 9.78. The van der Waals surface area contributed by atoms with Gasteiger partial charge in [0.05, 0.1) is 4.90 Å². The Morgan fingerprint density at radius 3 is 2.43 bits per heavy atom. The number of carboxylic acids is 1. The minimum absolute atomic E-state index is 0.0508. The third-order valence-electron chi connectivity index (χ3n) is 3.24. The summed E-state index contributed by atoms with van der Waals surface area (Å²) in [6, 6.07) is 5.63. The number of carboxylic acid groups (broad SMARTS) is 1. The lowest BCUT2D eigenvalue weighted by molar-refractivity contribution is -0.141. The highest BCUT2D eigenvalue weighted by molar-refractivity contribution is 7.91. The molecule has 1 aromatic carbocycles. The molecule has 2 N–H and O–H groups in total. The zero-order valence-corrected chi connectivity index (χ0v) is 14.6.